The molecule has 9 nitrogen and oxygen atoms in total. The number of fused-ring (bicyclic) bond motifs is 1. The van der Waals surface area contributed by atoms with E-state index in [4.69, 9.17) is 10.5 Å². The largest absolute Gasteiger partial charge is 0.452 e. The van der Waals surface area contributed by atoms with Crippen LogP contribution in [-0.2, 0) is 4.79 Å². The molecule has 1 fully saturated rings. The molecule has 0 saturated heterocycles. The van der Waals surface area contributed by atoms with E-state index in [-0.39, 0.29) is 11.8 Å². The number of rotatable bonds is 5. The number of amides is 1. The Kier molecular flexibility index (Phi) is 3.83. The third kappa shape index (κ3) is 2.87. The van der Waals surface area contributed by atoms with Crippen molar-refractivity contribution in [2.24, 2.45) is 5.92 Å². The van der Waals surface area contributed by atoms with Crippen molar-refractivity contribution < 1.29 is 9.53 Å². The number of anilines is 3. The van der Waals surface area contributed by atoms with Crippen LogP contribution in [0.15, 0.2) is 30.9 Å². The Morgan fingerprint density at radius 1 is 1.35 bits per heavy atom. The van der Waals surface area contributed by atoms with Crippen LogP contribution < -0.4 is 20.7 Å². The van der Waals surface area contributed by atoms with Crippen molar-refractivity contribution in [3.8, 4) is 11.5 Å². The second-order valence-electron chi connectivity index (χ2n) is 6.21. The molecular weight excluding hydrogens is 334 g/mol. The number of ether oxygens (including phenoxy) is 1. The summed E-state index contributed by atoms with van der Waals surface area (Å²) in [6.45, 7) is 0. The lowest BCUT2D eigenvalue weighted by molar-refractivity contribution is -0.119. The fourth-order valence-corrected chi connectivity index (χ4v) is 2.66. The van der Waals surface area contributed by atoms with E-state index < -0.39 is 0 Å². The van der Waals surface area contributed by atoms with Gasteiger partial charge in [0, 0.05) is 26.1 Å². The van der Waals surface area contributed by atoms with Gasteiger partial charge in [-0.25, -0.2) is 14.5 Å². The Morgan fingerprint density at radius 3 is 2.88 bits per heavy atom. The highest BCUT2D eigenvalue weighted by Crippen LogP contribution is 2.32. The van der Waals surface area contributed by atoms with E-state index in [9.17, 15) is 4.79 Å². The van der Waals surface area contributed by atoms with Crippen molar-refractivity contribution in [3.05, 3.63) is 30.9 Å². The van der Waals surface area contributed by atoms with E-state index in [2.05, 4.69) is 20.4 Å². The number of nitrogens with one attached hydrogen (secondary N) is 1. The molecule has 3 aromatic heterocycles. The average molecular weight is 353 g/mol. The molecule has 1 saturated carbocycles. The van der Waals surface area contributed by atoms with Gasteiger partial charge < -0.3 is 15.8 Å². The number of pyridine rings is 1. The summed E-state index contributed by atoms with van der Waals surface area (Å²) in [6, 6.07) is 1.76. The fraction of sp³-hybridized carbons (Fsp3) is 0.294. The normalized spacial score (nSPS) is 13.6. The van der Waals surface area contributed by atoms with E-state index in [1.165, 1.54) is 0 Å². The number of hydrogen-bond acceptors (Lipinski definition) is 7. The number of carbonyl (C=O) groups excluding carboxylic acids is 1. The maximum absolute atomic E-state index is 12.2. The molecular formula is C17H19N7O2. The molecule has 1 amide bonds. The van der Waals surface area contributed by atoms with Crippen LogP contribution in [0.2, 0.25) is 0 Å². The SMILES string of the molecule is CNc1cc(Oc2cnn3cc(N(C)C(=O)C4CC4)ncc23)cnc1N. The second-order valence-corrected chi connectivity index (χ2v) is 6.21. The number of aromatic nitrogens is 4. The molecule has 134 valence electrons. The van der Waals surface area contributed by atoms with E-state index in [1.807, 2.05) is 0 Å². The minimum atomic E-state index is 0.0908. The van der Waals surface area contributed by atoms with E-state index in [1.54, 1.807) is 54.4 Å². The molecule has 3 heterocycles. The van der Waals surface area contributed by atoms with Gasteiger partial charge in [0.15, 0.2) is 11.6 Å². The lowest BCUT2D eigenvalue weighted by Crippen LogP contribution is -2.28. The van der Waals surface area contributed by atoms with Gasteiger partial charge in [-0.05, 0) is 12.8 Å². The molecule has 0 bridgehead atoms. The first kappa shape index (κ1) is 16.1. The lowest BCUT2D eigenvalue weighted by Gasteiger charge is -2.15. The summed E-state index contributed by atoms with van der Waals surface area (Å²) in [5.74, 6) is 2.24. The third-order valence-corrected chi connectivity index (χ3v) is 4.35. The molecule has 0 radical (unpaired) electrons. The van der Waals surface area contributed by atoms with Crippen LogP contribution in [-0.4, -0.2) is 39.6 Å². The van der Waals surface area contributed by atoms with Gasteiger partial charge in [0.2, 0.25) is 5.91 Å². The van der Waals surface area contributed by atoms with Gasteiger partial charge in [-0.3, -0.25) is 9.69 Å². The van der Waals surface area contributed by atoms with Crippen molar-refractivity contribution in [1.82, 2.24) is 19.6 Å². The maximum atomic E-state index is 12.2. The first-order valence-electron chi connectivity index (χ1n) is 8.29. The van der Waals surface area contributed by atoms with Crippen molar-refractivity contribution in [2.45, 2.75) is 12.8 Å². The zero-order valence-corrected chi connectivity index (χ0v) is 14.5. The van der Waals surface area contributed by atoms with E-state index >= 15 is 0 Å². The summed E-state index contributed by atoms with van der Waals surface area (Å²) < 4.78 is 7.50. The topological polar surface area (TPSA) is 111 Å². The molecule has 9 heteroatoms. The van der Waals surface area contributed by atoms with E-state index in [0.717, 1.165) is 12.8 Å². The zero-order valence-electron chi connectivity index (χ0n) is 14.5. The first-order valence-corrected chi connectivity index (χ1v) is 8.29. The summed E-state index contributed by atoms with van der Waals surface area (Å²) >= 11 is 0. The molecule has 3 N–H and O–H groups in total. The van der Waals surface area contributed by atoms with Crippen molar-refractivity contribution >= 4 is 28.7 Å². The van der Waals surface area contributed by atoms with Crippen molar-refractivity contribution in [2.75, 3.05) is 30.0 Å². The quantitative estimate of drug-likeness (QED) is 0.721. The summed E-state index contributed by atoms with van der Waals surface area (Å²) in [6.07, 6.45) is 8.40. The van der Waals surface area contributed by atoms with Gasteiger partial charge in [0.1, 0.15) is 17.1 Å². The van der Waals surface area contributed by atoms with Gasteiger partial charge in [0.25, 0.3) is 0 Å². The lowest BCUT2D eigenvalue weighted by atomic mass is 10.3. The van der Waals surface area contributed by atoms with E-state index in [0.29, 0.717) is 34.3 Å². The molecule has 0 atom stereocenters. The average Bonchev–Trinajstić information content (AvgIpc) is 3.44. The Balaban J connectivity index is 1.60. The third-order valence-electron chi connectivity index (χ3n) is 4.35. The zero-order chi connectivity index (χ0) is 18.3. The number of nitrogen functional groups attached to an aromatic ring is 1. The molecule has 3 aromatic rings. The first-order chi connectivity index (χ1) is 12.6. The predicted molar refractivity (Wildman–Crippen MR) is 97.4 cm³/mol. The van der Waals surface area contributed by atoms with Crippen LogP contribution in [0, 0.1) is 5.92 Å². The highest BCUT2D eigenvalue weighted by molar-refractivity contribution is 5.95. The fourth-order valence-electron chi connectivity index (χ4n) is 2.66. The summed E-state index contributed by atoms with van der Waals surface area (Å²) in [5.41, 5.74) is 7.14. The predicted octanol–water partition coefficient (Wildman–Crippen LogP) is 1.91. The van der Waals surface area contributed by atoms with Crippen LogP contribution in [0.5, 0.6) is 11.5 Å². The Morgan fingerprint density at radius 2 is 2.15 bits per heavy atom. The molecule has 26 heavy (non-hydrogen) atoms. The van der Waals surface area contributed by atoms with Crippen LogP contribution in [0.4, 0.5) is 17.3 Å². The van der Waals surface area contributed by atoms with Crippen molar-refractivity contribution in [1.29, 1.82) is 0 Å². The number of nitrogens with zero attached hydrogens (tertiary/aromatic N) is 5. The van der Waals surface area contributed by atoms with Crippen LogP contribution in [0.3, 0.4) is 0 Å². The number of nitrogens with two attached hydrogens (primary N) is 1. The van der Waals surface area contributed by atoms with Gasteiger partial charge in [-0.2, -0.15) is 5.10 Å². The minimum absolute atomic E-state index is 0.0908. The second kappa shape index (κ2) is 6.17. The highest BCUT2D eigenvalue weighted by atomic mass is 16.5. The molecule has 0 aliphatic heterocycles. The Labute approximate surface area is 149 Å². The summed E-state index contributed by atoms with van der Waals surface area (Å²) in [5, 5.41) is 7.25. The smallest absolute Gasteiger partial charge is 0.231 e. The van der Waals surface area contributed by atoms with Gasteiger partial charge in [0.05, 0.1) is 30.5 Å². The minimum Gasteiger partial charge on any atom is -0.452 e. The van der Waals surface area contributed by atoms with Gasteiger partial charge in [-0.15, -0.1) is 0 Å². The molecule has 4 rings (SSSR count). The molecule has 0 aromatic carbocycles. The van der Waals surface area contributed by atoms with Crippen LogP contribution >= 0.6 is 0 Å². The monoisotopic (exact) mass is 353 g/mol. The summed E-state index contributed by atoms with van der Waals surface area (Å²) in [4.78, 5) is 22.2. The van der Waals surface area contributed by atoms with Gasteiger partial charge in [-0.1, -0.05) is 0 Å². The molecule has 0 unspecified atom stereocenters. The van der Waals surface area contributed by atoms with Crippen molar-refractivity contribution in [3.63, 3.8) is 0 Å². The number of hydrogen-bond donors (Lipinski definition) is 2. The van der Waals surface area contributed by atoms with Crippen LogP contribution in [0.25, 0.3) is 5.52 Å². The molecule has 0 spiro atoms. The highest BCUT2D eigenvalue weighted by Gasteiger charge is 2.33. The molecule has 1 aliphatic carbocycles. The molecule has 1 aliphatic rings. The standard InChI is InChI=1S/C17H19N7O2/c1-19-12-5-11(6-21-16(12)18)26-14-8-22-24-9-15(20-7-13(14)24)23(2)17(25)10-3-4-10/h5-10,19H,3-4H2,1-2H3,(H2,18,21). The van der Waals surface area contributed by atoms with Crippen LogP contribution in [0.1, 0.15) is 12.8 Å². The van der Waals surface area contributed by atoms with Gasteiger partial charge >= 0.3 is 0 Å². The Bertz CT molecular complexity index is 980. The summed E-state index contributed by atoms with van der Waals surface area (Å²) in [7, 11) is 3.49. The Hall–Kier alpha value is -3.36. The number of carbonyl (C=O) groups is 1. The maximum Gasteiger partial charge on any atom is 0.231 e.